The van der Waals surface area contributed by atoms with E-state index in [1.165, 1.54) is 42.5 Å². The van der Waals surface area contributed by atoms with E-state index in [9.17, 15) is 19.8 Å². The maximum absolute atomic E-state index is 13.7. The summed E-state index contributed by atoms with van der Waals surface area (Å²) < 4.78 is 13.7. The van der Waals surface area contributed by atoms with Crippen LogP contribution in [0.2, 0.25) is 5.02 Å². The van der Waals surface area contributed by atoms with E-state index in [0.717, 1.165) is 0 Å². The number of benzene rings is 2. The monoisotopic (exact) mass is 302 g/mol. The summed E-state index contributed by atoms with van der Waals surface area (Å²) in [6, 6.07) is 11.5. The third-order valence-electron chi connectivity index (χ3n) is 2.77. The number of hydrogen-bond acceptors (Lipinski definition) is 3. The number of nitriles is 1. The van der Waals surface area contributed by atoms with Crippen LogP contribution in [0.1, 0.15) is 11.1 Å². The van der Waals surface area contributed by atoms with Crippen molar-refractivity contribution < 1.29 is 9.31 Å². The first-order valence-corrected chi connectivity index (χ1v) is 6.21. The Morgan fingerprint density at radius 1 is 1.33 bits per heavy atom. The first-order valence-electron chi connectivity index (χ1n) is 5.83. The topological polar surface area (TPSA) is 66.9 Å². The molecule has 0 atom stereocenters. The van der Waals surface area contributed by atoms with Crippen LogP contribution in [-0.4, -0.2) is 4.92 Å². The van der Waals surface area contributed by atoms with Gasteiger partial charge in [0.1, 0.15) is 5.82 Å². The first kappa shape index (κ1) is 14.7. The molecule has 2 aromatic rings. The van der Waals surface area contributed by atoms with E-state index in [2.05, 4.69) is 0 Å². The van der Waals surface area contributed by atoms with Crippen LogP contribution in [0.25, 0.3) is 11.6 Å². The lowest BCUT2D eigenvalue weighted by Crippen LogP contribution is -1.90. The Morgan fingerprint density at radius 2 is 2.05 bits per heavy atom. The van der Waals surface area contributed by atoms with Crippen LogP contribution in [0, 0.1) is 27.3 Å². The van der Waals surface area contributed by atoms with Gasteiger partial charge in [0.05, 0.1) is 16.6 Å². The number of hydrogen-bond donors (Lipinski definition) is 0. The molecular weight excluding hydrogens is 295 g/mol. The van der Waals surface area contributed by atoms with Gasteiger partial charge in [-0.05, 0) is 18.2 Å². The molecule has 104 valence electrons. The van der Waals surface area contributed by atoms with Crippen molar-refractivity contribution in [1.82, 2.24) is 0 Å². The molecular formula is C15H8ClFN2O2. The Balaban J connectivity index is 2.56. The second-order valence-corrected chi connectivity index (χ2v) is 4.52. The van der Waals surface area contributed by atoms with Gasteiger partial charge < -0.3 is 0 Å². The molecule has 0 saturated carbocycles. The third-order valence-corrected chi connectivity index (χ3v) is 3.12. The molecule has 0 heterocycles. The largest absolute Gasteiger partial charge is 0.270 e. The Kier molecular flexibility index (Phi) is 4.31. The molecule has 0 saturated heterocycles. The van der Waals surface area contributed by atoms with Crippen molar-refractivity contribution in [2.24, 2.45) is 0 Å². The minimum Gasteiger partial charge on any atom is -0.258 e. The summed E-state index contributed by atoms with van der Waals surface area (Å²) in [5.74, 6) is -0.549. The van der Waals surface area contributed by atoms with Crippen LogP contribution in [0.5, 0.6) is 0 Å². The summed E-state index contributed by atoms with van der Waals surface area (Å²) in [5.41, 5.74) is 0.278. The van der Waals surface area contributed by atoms with E-state index >= 15 is 0 Å². The van der Waals surface area contributed by atoms with E-state index in [1.807, 2.05) is 6.07 Å². The van der Waals surface area contributed by atoms with Gasteiger partial charge in [0.25, 0.3) is 5.69 Å². The van der Waals surface area contributed by atoms with E-state index in [1.54, 1.807) is 6.07 Å². The first-order chi connectivity index (χ1) is 10.0. The van der Waals surface area contributed by atoms with Crippen molar-refractivity contribution in [2.45, 2.75) is 0 Å². The summed E-state index contributed by atoms with van der Waals surface area (Å²) in [5, 5.41) is 20.2. The fourth-order valence-electron chi connectivity index (χ4n) is 1.76. The summed E-state index contributed by atoms with van der Waals surface area (Å²) in [6.07, 6.45) is 1.33. The lowest BCUT2D eigenvalue weighted by atomic mass is 10.0. The standard InChI is InChI=1S/C15H8ClFN2O2/c16-14-6-5-12(19(20)21)8-10(14)7-11(9-18)13-3-1-2-4-15(13)17/h1-8H. The molecule has 2 aromatic carbocycles. The molecule has 0 N–H and O–H groups in total. The SMILES string of the molecule is N#CC(=Cc1cc([N+](=O)[O-])ccc1Cl)c1ccccc1F. The number of halogens is 2. The fourth-order valence-corrected chi connectivity index (χ4v) is 1.93. The maximum Gasteiger partial charge on any atom is 0.270 e. The van der Waals surface area contributed by atoms with Gasteiger partial charge in [-0.25, -0.2) is 4.39 Å². The second-order valence-electron chi connectivity index (χ2n) is 4.11. The van der Waals surface area contributed by atoms with Gasteiger partial charge >= 0.3 is 0 Å². The highest BCUT2D eigenvalue weighted by atomic mass is 35.5. The maximum atomic E-state index is 13.7. The number of rotatable bonds is 3. The van der Waals surface area contributed by atoms with E-state index in [-0.39, 0.29) is 27.4 Å². The van der Waals surface area contributed by atoms with E-state index < -0.39 is 10.7 Å². The van der Waals surface area contributed by atoms with Gasteiger partial charge in [-0.2, -0.15) is 5.26 Å². The Morgan fingerprint density at radius 3 is 2.67 bits per heavy atom. The molecule has 0 fully saturated rings. The number of non-ortho nitro benzene ring substituents is 1. The van der Waals surface area contributed by atoms with E-state index in [0.29, 0.717) is 0 Å². The molecule has 0 aliphatic carbocycles. The van der Waals surface area contributed by atoms with Crippen molar-refractivity contribution in [1.29, 1.82) is 5.26 Å². The highest BCUT2D eigenvalue weighted by Gasteiger charge is 2.11. The van der Waals surface area contributed by atoms with Gasteiger partial charge in [-0.3, -0.25) is 10.1 Å². The van der Waals surface area contributed by atoms with Crippen molar-refractivity contribution in [2.75, 3.05) is 0 Å². The number of nitrogens with zero attached hydrogens (tertiary/aromatic N) is 2. The summed E-state index contributed by atoms with van der Waals surface area (Å²) in [6.45, 7) is 0. The zero-order chi connectivity index (χ0) is 15.4. The van der Waals surface area contributed by atoms with Crippen molar-refractivity contribution in [3.8, 4) is 6.07 Å². The van der Waals surface area contributed by atoms with Gasteiger partial charge in [0.15, 0.2) is 0 Å². The van der Waals surface area contributed by atoms with Crippen molar-refractivity contribution >= 4 is 28.9 Å². The van der Waals surface area contributed by atoms with Crippen molar-refractivity contribution in [3.05, 3.63) is 74.5 Å². The highest BCUT2D eigenvalue weighted by Crippen LogP contribution is 2.27. The Labute approximate surface area is 124 Å². The minimum absolute atomic E-state index is 0.0375. The minimum atomic E-state index is -0.567. The van der Waals surface area contributed by atoms with Crippen LogP contribution in [0.15, 0.2) is 42.5 Å². The second kappa shape index (κ2) is 6.16. The van der Waals surface area contributed by atoms with Gasteiger partial charge in [-0.15, -0.1) is 0 Å². The molecule has 0 spiro atoms. The number of allylic oxidation sites excluding steroid dienone is 1. The molecule has 0 radical (unpaired) electrons. The van der Waals surface area contributed by atoms with Crippen LogP contribution in [0.4, 0.5) is 10.1 Å². The van der Waals surface area contributed by atoms with Crippen LogP contribution >= 0.6 is 11.6 Å². The molecule has 6 heteroatoms. The molecule has 0 bridgehead atoms. The molecule has 21 heavy (non-hydrogen) atoms. The Bertz CT molecular complexity index is 781. The lowest BCUT2D eigenvalue weighted by Gasteiger charge is -2.03. The molecule has 0 amide bonds. The zero-order valence-electron chi connectivity index (χ0n) is 10.6. The smallest absolute Gasteiger partial charge is 0.258 e. The predicted molar refractivity (Wildman–Crippen MR) is 78.0 cm³/mol. The highest BCUT2D eigenvalue weighted by molar-refractivity contribution is 6.32. The molecule has 4 nitrogen and oxygen atoms in total. The number of nitro groups is 1. The van der Waals surface area contributed by atoms with Crippen LogP contribution in [-0.2, 0) is 0 Å². The van der Waals surface area contributed by atoms with Crippen LogP contribution in [0.3, 0.4) is 0 Å². The van der Waals surface area contributed by atoms with E-state index in [4.69, 9.17) is 11.6 Å². The third kappa shape index (κ3) is 3.25. The quantitative estimate of drug-likeness (QED) is 0.364. The average Bonchev–Trinajstić information content (AvgIpc) is 2.47. The zero-order valence-corrected chi connectivity index (χ0v) is 11.3. The molecule has 0 aliphatic rings. The predicted octanol–water partition coefficient (Wildman–Crippen LogP) is 4.45. The summed E-state index contributed by atoms with van der Waals surface area (Å²) >= 11 is 5.96. The lowest BCUT2D eigenvalue weighted by molar-refractivity contribution is -0.384. The summed E-state index contributed by atoms with van der Waals surface area (Å²) in [7, 11) is 0. The van der Waals surface area contributed by atoms with Gasteiger partial charge in [0, 0.05) is 28.3 Å². The van der Waals surface area contributed by atoms with Gasteiger partial charge in [-0.1, -0.05) is 29.8 Å². The Hall–Kier alpha value is -2.71. The van der Waals surface area contributed by atoms with Crippen molar-refractivity contribution in [3.63, 3.8) is 0 Å². The summed E-state index contributed by atoms with van der Waals surface area (Å²) in [4.78, 5) is 10.2. The molecule has 0 aromatic heterocycles. The molecule has 0 aliphatic heterocycles. The van der Waals surface area contributed by atoms with Crippen LogP contribution < -0.4 is 0 Å². The van der Waals surface area contributed by atoms with Gasteiger partial charge in [0.2, 0.25) is 0 Å². The normalized spacial score (nSPS) is 11.0. The molecule has 2 rings (SSSR count). The average molecular weight is 303 g/mol. The number of nitro benzene ring substituents is 1. The molecule has 0 unspecified atom stereocenters. The fraction of sp³-hybridized carbons (Fsp3) is 0.